The van der Waals surface area contributed by atoms with Gasteiger partial charge in [0.25, 0.3) is 0 Å². The van der Waals surface area contributed by atoms with Gasteiger partial charge in [0, 0.05) is 6.42 Å². The Hall–Kier alpha value is -1.53. The summed E-state index contributed by atoms with van der Waals surface area (Å²) in [4.78, 5) is 13.1. The number of amides is 1. The van der Waals surface area contributed by atoms with Crippen LogP contribution in [0.3, 0.4) is 0 Å². The Morgan fingerprint density at radius 3 is 1.44 bits per heavy atom. The third kappa shape index (κ3) is 27.3. The van der Waals surface area contributed by atoms with Crippen LogP contribution in [-0.2, 0) is 23.7 Å². The zero-order valence-corrected chi connectivity index (χ0v) is 42.6. The Morgan fingerprint density at radius 1 is 0.515 bits per heavy atom. The molecule has 14 nitrogen and oxygen atoms in total. The maximum Gasteiger partial charge on any atom is 0.220 e. The Labute approximate surface area is 411 Å². The molecule has 0 radical (unpaired) electrons. The van der Waals surface area contributed by atoms with Gasteiger partial charge in [-0.3, -0.25) is 4.79 Å². The lowest BCUT2D eigenvalue weighted by atomic mass is 9.97. The van der Waals surface area contributed by atoms with E-state index in [-0.39, 0.29) is 18.9 Å². The van der Waals surface area contributed by atoms with Crippen molar-refractivity contribution in [3.8, 4) is 0 Å². The predicted molar refractivity (Wildman–Crippen MR) is 268 cm³/mol. The summed E-state index contributed by atoms with van der Waals surface area (Å²) in [6.45, 7) is 2.76. The fourth-order valence-corrected chi connectivity index (χ4v) is 9.13. The summed E-state index contributed by atoms with van der Waals surface area (Å²) < 4.78 is 22.7. The third-order valence-corrected chi connectivity index (χ3v) is 13.6. The number of aliphatic hydroxyl groups excluding tert-OH is 8. The van der Waals surface area contributed by atoms with Crippen molar-refractivity contribution in [2.24, 2.45) is 0 Å². The van der Waals surface area contributed by atoms with Crippen LogP contribution in [0.2, 0.25) is 0 Å². The largest absolute Gasteiger partial charge is 0.394 e. The molecule has 0 bridgehead atoms. The molecule has 2 heterocycles. The minimum atomic E-state index is -1.79. The summed E-state index contributed by atoms with van der Waals surface area (Å²) in [5.74, 6) is -0.250. The van der Waals surface area contributed by atoms with Gasteiger partial charge in [-0.25, -0.2) is 0 Å². The molecule has 0 spiro atoms. The van der Waals surface area contributed by atoms with Crippen LogP contribution in [0.1, 0.15) is 219 Å². The van der Waals surface area contributed by atoms with Gasteiger partial charge in [-0.05, 0) is 32.1 Å². The molecule has 0 aromatic carbocycles. The van der Waals surface area contributed by atoms with Crippen LogP contribution in [0.5, 0.6) is 0 Å². The summed E-state index contributed by atoms with van der Waals surface area (Å²) in [6.07, 6.45) is 29.5. The maximum absolute atomic E-state index is 13.1. The van der Waals surface area contributed by atoms with Gasteiger partial charge in [0.2, 0.25) is 5.91 Å². The normalized spacial score (nSPS) is 26.5. The fourth-order valence-electron chi connectivity index (χ4n) is 9.13. The highest BCUT2D eigenvalue weighted by Crippen LogP contribution is 2.30. The number of allylic oxidation sites excluding steroid dienone is 3. The van der Waals surface area contributed by atoms with E-state index in [0.29, 0.717) is 12.8 Å². The van der Waals surface area contributed by atoms with Crippen LogP contribution in [0.25, 0.3) is 0 Å². The van der Waals surface area contributed by atoms with Gasteiger partial charge in [0.05, 0.1) is 32.0 Å². The highest BCUT2D eigenvalue weighted by atomic mass is 16.7. The van der Waals surface area contributed by atoms with Crippen molar-refractivity contribution >= 4 is 5.91 Å². The van der Waals surface area contributed by atoms with Crippen molar-refractivity contribution in [3.05, 3.63) is 24.3 Å². The number of aliphatic hydroxyl groups is 8. The van der Waals surface area contributed by atoms with E-state index in [4.69, 9.17) is 18.9 Å². The van der Waals surface area contributed by atoms with E-state index in [0.717, 1.165) is 32.1 Å². The average molecular weight is 972 g/mol. The molecule has 2 aliphatic rings. The molecule has 400 valence electrons. The second-order valence-corrected chi connectivity index (χ2v) is 19.7. The van der Waals surface area contributed by atoms with Crippen molar-refractivity contribution in [2.45, 2.75) is 293 Å². The molecule has 2 saturated heterocycles. The number of rotatable bonds is 43. The van der Waals surface area contributed by atoms with Gasteiger partial charge in [-0.15, -0.1) is 0 Å². The molecular weight excluding hydrogens is 871 g/mol. The summed E-state index contributed by atoms with van der Waals surface area (Å²) in [5.41, 5.74) is 0. The molecule has 0 aliphatic carbocycles. The topological polar surface area (TPSA) is 228 Å². The number of ether oxygens (including phenoxy) is 4. The third-order valence-electron chi connectivity index (χ3n) is 13.6. The first-order chi connectivity index (χ1) is 33.1. The van der Waals surface area contributed by atoms with Crippen molar-refractivity contribution in [1.82, 2.24) is 5.32 Å². The van der Waals surface area contributed by atoms with Crippen molar-refractivity contribution in [2.75, 3.05) is 19.8 Å². The van der Waals surface area contributed by atoms with E-state index < -0.39 is 86.8 Å². The molecule has 2 aliphatic heterocycles. The second-order valence-electron chi connectivity index (χ2n) is 19.7. The van der Waals surface area contributed by atoms with Crippen LogP contribution in [0.15, 0.2) is 24.3 Å². The van der Waals surface area contributed by atoms with E-state index in [1.165, 1.54) is 154 Å². The smallest absolute Gasteiger partial charge is 0.220 e. The standard InChI is InChI=1S/C54H101NO13/c1-3-5-7-9-11-13-15-16-17-18-19-20-21-22-23-24-25-26-27-28-29-31-33-35-37-43(58)42(55-46(59)38-36-34-32-30-14-12-10-8-6-4-2)41-65-53-51(64)49(62)52(45(40-57)67-53)68-54-50(63)48(61)47(60)44(39-56)66-54/h28-29,35,37,42-45,47-54,56-58,60-64H,3-27,30-34,36,38-41H2,1-2H3,(H,55,59)/b29-28+,37-35+. The Balaban J connectivity index is 1.77. The molecule has 9 N–H and O–H groups in total. The number of nitrogens with one attached hydrogen (secondary N) is 1. The minimum Gasteiger partial charge on any atom is -0.394 e. The molecule has 2 fully saturated rings. The van der Waals surface area contributed by atoms with E-state index in [1.54, 1.807) is 6.08 Å². The first kappa shape index (κ1) is 62.6. The van der Waals surface area contributed by atoms with Crippen LogP contribution >= 0.6 is 0 Å². The number of carbonyl (C=O) groups excluding carboxylic acids is 1. The Kier molecular flexibility index (Phi) is 37.7. The van der Waals surface area contributed by atoms with Gasteiger partial charge in [0.15, 0.2) is 12.6 Å². The molecule has 0 aromatic rings. The summed E-state index contributed by atoms with van der Waals surface area (Å²) in [5, 5.41) is 86.7. The maximum atomic E-state index is 13.1. The molecule has 12 unspecified atom stereocenters. The average Bonchev–Trinajstić information content (AvgIpc) is 3.34. The van der Waals surface area contributed by atoms with Crippen molar-refractivity contribution < 1.29 is 64.6 Å². The van der Waals surface area contributed by atoms with Crippen molar-refractivity contribution in [1.29, 1.82) is 0 Å². The summed E-state index contributed by atoms with van der Waals surface area (Å²) >= 11 is 0. The lowest BCUT2D eigenvalue weighted by Crippen LogP contribution is -2.65. The molecule has 12 atom stereocenters. The molecule has 1 amide bonds. The molecule has 2 rings (SSSR count). The van der Waals surface area contributed by atoms with Gasteiger partial charge in [-0.1, -0.05) is 205 Å². The Morgan fingerprint density at radius 2 is 0.941 bits per heavy atom. The van der Waals surface area contributed by atoms with E-state index in [9.17, 15) is 45.6 Å². The van der Waals surface area contributed by atoms with E-state index in [1.807, 2.05) is 6.08 Å². The quantitative estimate of drug-likeness (QED) is 0.0208. The van der Waals surface area contributed by atoms with Crippen LogP contribution < -0.4 is 5.32 Å². The van der Waals surface area contributed by atoms with Crippen molar-refractivity contribution in [3.63, 3.8) is 0 Å². The van der Waals surface area contributed by atoms with Gasteiger partial charge >= 0.3 is 0 Å². The second kappa shape index (κ2) is 41.0. The van der Waals surface area contributed by atoms with Gasteiger partial charge < -0.3 is 65.1 Å². The first-order valence-corrected chi connectivity index (χ1v) is 27.6. The van der Waals surface area contributed by atoms with Crippen LogP contribution in [0, 0.1) is 0 Å². The zero-order valence-electron chi connectivity index (χ0n) is 42.6. The van der Waals surface area contributed by atoms with E-state index in [2.05, 4.69) is 31.3 Å². The van der Waals surface area contributed by atoms with Crippen LogP contribution in [-0.4, -0.2) is 140 Å². The molecule has 68 heavy (non-hydrogen) atoms. The highest BCUT2D eigenvalue weighted by Gasteiger charge is 2.51. The summed E-state index contributed by atoms with van der Waals surface area (Å²) in [6, 6.07) is -0.925. The minimum absolute atomic E-state index is 0.250. The molecular formula is C54H101NO13. The van der Waals surface area contributed by atoms with Gasteiger partial charge in [0.1, 0.15) is 48.8 Å². The highest BCUT2D eigenvalue weighted by molar-refractivity contribution is 5.76. The SMILES string of the molecule is CCCCCCCCCCCCCCCCCCCC/C=C/CC/C=C/C(O)C(COC1OC(CO)C(OC2OC(CO)C(O)C(O)C2O)C(O)C1O)NC(=O)CCCCCCCCCCCC. The lowest BCUT2D eigenvalue weighted by Gasteiger charge is -2.46. The van der Waals surface area contributed by atoms with Gasteiger partial charge in [-0.2, -0.15) is 0 Å². The fraction of sp³-hybridized carbons (Fsp3) is 0.907. The molecule has 14 heteroatoms. The number of hydrogen-bond acceptors (Lipinski definition) is 13. The number of unbranched alkanes of at least 4 members (excludes halogenated alkanes) is 28. The predicted octanol–water partition coefficient (Wildman–Crippen LogP) is 8.11. The summed E-state index contributed by atoms with van der Waals surface area (Å²) in [7, 11) is 0. The number of carbonyl (C=O) groups is 1. The van der Waals surface area contributed by atoms with E-state index >= 15 is 0 Å². The zero-order chi connectivity index (χ0) is 49.6. The van der Waals surface area contributed by atoms with Crippen LogP contribution in [0.4, 0.5) is 0 Å². The first-order valence-electron chi connectivity index (χ1n) is 27.6. The lowest BCUT2D eigenvalue weighted by molar-refractivity contribution is -0.359. The number of hydrogen-bond donors (Lipinski definition) is 9. The Bertz CT molecular complexity index is 1240. The molecule has 0 aromatic heterocycles. The molecule has 0 saturated carbocycles. The monoisotopic (exact) mass is 972 g/mol.